The van der Waals surface area contributed by atoms with Gasteiger partial charge in [0.05, 0.1) is 6.54 Å². The third kappa shape index (κ3) is 3.78. The van der Waals surface area contributed by atoms with Crippen LogP contribution < -0.4 is 5.32 Å². The predicted molar refractivity (Wildman–Crippen MR) is 71.9 cm³/mol. The molecule has 0 unspecified atom stereocenters. The van der Waals surface area contributed by atoms with E-state index in [2.05, 4.69) is 36.3 Å². The van der Waals surface area contributed by atoms with E-state index in [9.17, 15) is 8.78 Å². The van der Waals surface area contributed by atoms with E-state index in [0.29, 0.717) is 17.1 Å². The Morgan fingerprint density at radius 1 is 1.16 bits per heavy atom. The topological polar surface area (TPSA) is 37.8 Å². The molecule has 2 rings (SSSR count). The van der Waals surface area contributed by atoms with E-state index >= 15 is 0 Å². The van der Waals surface area contributed by atoms with E-state index in [1.54, 1.807) is 0 Å². The van der Waals surface area contributed by atoms with Crippen molar-refractivity contribution in [2.24, 2.45) is 0 Å². The fourth-order valence-corrected chi connectivity index (χ4v) is 2.19. The molecule has 0 fully saturated rings. The van der Waals surface area contributed by atoms with Gasteiger partial charge in [0, 0.05) is 11.1 Å². The molecule has 1 N–H and O–H groups in total. The first-order chi connectivity index (χ1) is 8.85. The molecule has 6 heteroatoms. The number of aromatic nitrogens is 2. The van der Waals surface area contributed by atoms with Crippen LogP contribution in [-0.2, 0) is 6.54 Å². The van der Waals surface area contributed by atoms with E-state index in [0.717, 1.165) is 17.1 Å². The van der Waals surface area contributed by atoms with Crippen molar-refractivity contribution in [2.75, 3.05) is 0 Å². The van der Waals surface area contributed by atoms with Gasteiger partial charge in [-0.25, -0.2) is 8.78 Å². The second kappa shape index (κ2) is 5.30. The Kier molecular flexibility index (Phi) is 3.91. The molecule has 19 heavy (non-hydrogen) atoms. The molecule has 0 aliphatic rings. The second-order valence-corrected chi connectivity index (χ2v) is 6.30. The quantitative estimate of drug-likeness (QED) is 0.938. The maximum Gasteiger partial charge on any atom is 0.159 e. The van der Waals surface area contributed by atoms with Gasteiger partial charge in [0.2, 0.25) is 0 Å². The van der Waals surface area contributed by atoms with E-state index in [-0.39, 0.29) is 5.54 Å². The molecule has 1 aromatic heterocycles. The molecule has 0 bridgehead atoms. The Bertz CT molecular complexity index is 576. The first-order valence-electron chi connectivity index (χ1n) is 5.88. The van der Waals surface area contributed by atoms with E-state index < -0.39 is 11.6 Å². The number of hydrogen-bond donors (Lipinski definition) is 1. The first-order valence-corrected chi connectivity index (χ1v) is 6.70. The lowest BCUT2D eigenvalue weighted by atomic mass is 10.1. The van der Waals surface area contributed by atoms with Crippen molar-refractivity contribution < 1.29 is 8.78 Å². The Morgan fingerprint density at radius 2 is 1.89 bits per heavy atom. The van der Waals surface area contributed by atoms with Gasteiger partial charge in [-0.05, 0) is 39.0 Å². The summed E-state index contributed by atoms with van der Waals surface area (Å²) in [5.41, 5.74) is 0.534. The number of nitrogens with zero attached hydrogens (tertiary/aromatic N) is 2. The highest BCUT2D eigenvalue weighted by atomic mass is 32.1. The average molecular weight is 283 g/mol. The molecule has 0 radical (unpaired) electrons. The Hall–Kier alpha value is -1.40. The zero-order valence-electron chi connectivity index (χ0n) is 11.0. The molecular weight excluding hydrogens is 268 g/mol. The summed E-state index contributed by atoms with van der Waals surface area (Å²) in [4.78, 5) is 0. The van der Waals surface area contributed by atoms with Crippen molar-refractivity contribution in [3.05, 3.63) is 34.8 Å². The van der Waals surface area contributed by atoms with Crippen LogP contribution in [0.15, 0.2) is 18.2 Å². The number of halogens is 2. The van der Waals surface area contributed by atoms with Crippen LogP contribution in [0.4, 0.5) is 8.78 Å². The molecule has 1 aromatic carbocycles. The van der Waals surface area contributed by atoms with Crippen LogP contribution in [0.25, 0.3) is 10.6 Å². The minimum atomic E-state index is -0.873. The van der Waals surface area contributed by atoms with Gasteiger partial charge in [0.15, 0.2) is 11.6 Å². The minimum absolute atomic E-state index is 0.00613. The van der Waals surface area contributed by atoms with Crippen molar-refractivity contribution in [1.82, 2.24) is 15.5 Å². The van der Waals surface area contributed by atoms with E-state index in [1.807, 2.05) is 0 Å². The van der Waals surface area contributed by atoms with Crippen molar-refractivity contribution in [1.29, 1.82) is 0 Å². The Labute approximate surface area is 114 Å². The van der Waals surface area contributed by atoms with Crippen molar-refractivity contribution in [2.45, 2.75) is 32.9 Å². The van der Waals surface area contributed by atoms with Gasteiger partial charge in [0.1, 0.15) is 10.0 Å². The predicted octanol–water partition coefficient (Wildman–Crippen LogP) is 3.37. The third-order valence-corrected chi connectivity index (χ3v) is 3.38. The first kappa shape index (κ1) is 14.0. The highest BCUT2D eigenvalue weighted by molar-refractivity contribution is 7.14. The molecule has 0 saturated carbocycles. The number of nitrogens with one attached hydrogen (secondary N) is 1. The smallest absolute Gasteiger partial charge is 0.159 e. The van der Waals surface area contributed by atoms with Crippen LogP contribution in [0.3, 0.4) is 0 Å². The third-order valence-electron chi connectivity index (χ3n) is 2.40. The van der Waals surface area contributed by atoms with Gasteiger partial charge in [-0.1, -0.05) is 11.3 Å². The summed E-state index contributed by atoms with van der Waals surface area (Å²) in [7, 11) is 0. The molecular formula is C13H15F2N3S. The fourth-order valence-electron chi connectivity index (χ4n) is 1.41. The standard InChI is InChI=1S/C13H15F2N3S/c1-13(2,3)16-7-11-17-18-12(19-11)8-4-5-9(14)10(15)6-8/h4-6,16H,7H2,1-3H3. The van der Waals surface area contributed by atoms with Crippen LogP contribution in [0.2, 0.25) is 0 Å². The van der Waals surface area contributed by atoms with Crippen LogP contribution in [0.1, 0.15) is 25.8 Å². The highest BCUT2D eigenvalue weighted by Gasteiger charge is 2.13. The molecule has 0 spiro atoms. The molecule has 102 valence electrons. The van der Waals surface area contributed by atoms with Crippen molar-refractivity contribution in [3.8, 4) is 10.6 Å². The summed E-state index contributed by atoms with van der Waals surface area (Å²) in [5, 5.41) is 12.7. The van der Waals surface area contributed by atoms with Gasteiger partial charge >= 0.3 is 0 Å². The monoisotopic (exact) mass is 283 g/mol. The SMILES string of the molecule is CC(C)(C)NCc1nnc(-c2ccc(F)c(F)c2)s1. The molecule has 0 aliphatic carbocycles. The van der Waals surface area contributed by atoms with Crippen LogP contribution in [0, 0.1) is 11.6 Å². The normalized spacial score (nSPS) is 11.8. The van der Waals surface area contributed by atoms with Crippen LogP contribution in [0.5, 0.6) is 0 Å². The van der Waals surface area contributed by atoms with Crippen LogP contribution >= 0.6 is 11.3 Å². The number of benzene rings is 1. The lowest BCUT2D eigenvalue weighted by Gasteiger charge is -2.19. The minimum Gasteiger partial charge on any atom is -0.306 e. The number of rotatable bonds is 3. The maximum atomic E-state index is 13.1. The van der Waals surface area contributed by atoms with Gasteiger partial charge < -0.3 is 5.32 Å². The van der Waals surface area contributed by atoms with Crippen LogP contribution in [-0.4, -0.2) is 15.7 Å². The number of hydrogen-bond acceptors (Lipinski definition) is 4. The Morgan fingerprint density at radius 3 is 2.53 bits per heavy atom. The molecule has 0 amide bonds. The second-order valence-electron chi connectivity index (χ2n) is 5.23. The average Bonchev–Trinajstić information content (AvgIpc) is 2.78. The van der Waals surface area contributed by atoms with E-state index in [1.165, 1.54) is 17.4 Å². The van der Waals surface area contributed by atoms with Gasteiger partial charge in [-0.2, -0.15) is 0 Å². The lowest BCUT2D eigenvalue weighted by molar-refractivity contribution is 0.423. The fraction of sp³-hybridized carbons (Fsp3) is 0.385. The Balaban J connectivity index is 2.14. The largest absolute Gasteiger partial charge is 0.306 e. The maximum absolute atomic E-state index is 13.1. The van der Waals surface area contributed by atoms with Crippen molar-refractivity contribution in [3.63, 3.8) is 0 Å². The van der Waals surface area contributed by atoms with Gasteiger partial charge in [-0.15, -0.1) is 10.2 Å². The molecule has 1 heterocycles. The lowest BCUT2D eigenvalue weighted by Crippen LogP contribution is -2.35. The molecule has 0 saturated heterocycles. The molecule has 2 aromatic rings. The summed E-state index contributed by atoms with van der Waals surface area (Å²) < 4.78 is 26.0. The summed E-state index contributed by atoms with van der Waals surface area (Å²) in [6, 6.07) is 3.73. The molecule has 0 atom stereocenters. The highest BCUT2D eigenvalue weighted by Crippen LogP contribution is 2.25. The van der Waals surface area contributed by atoms with E-state index in [4.69, 9.17) is 0 Å². The summed E-state index contributed by atoms with van der Waals surface area (Å²) in [6.45, 7) is 6.78. The molecule has 3 nitrogen and oxygen atoms in total. The van der Waals surface area contributed by atoms with Gasteiger partial charge in [-0.3, -0.25) is 0 Å². The summed E-state index contributed by atoms with van der Waals surface area (Å²) in [6.07, 6.45) is 0. The van der Waals surface area contributed by atoms with Crippen molar-refractivity contribution >= 4 is 11.3 Å². The molecule has 0 aliphatic heterocycles. The zero-order valence-corrected chi connectivity index (χ0v) is 11.8. The summed E-state index contributed by atoms with van der Waals surface area (Å²) in [5.74, 6) is -1.73. The summed E-state index contributed by atoms with van der Waals surface area (Å²) >= 11 is 1.37. The zero-order chi connectivity index (χ0) is 14.0. The van der Waals surface area contributed by atoms with Gasteiger partial charge in [0.25, 0.3) is 0 Å².